The lowest BCUT2D eigenvalue weighted by Crippen LogP contribution is -2.23. The van der Waals surface area contributed by atoms with Crippen molar-refractivity contribution in [3.8, 4) is 11.5 Å². The van der Waals surface area contributed by atoms with E-state index >= 15 is 0 Å². The van der Waals surface area contributed by atoms with Gasteiger partial charge in [0.2, 0.25) is 10.0 Å². The van der Waals surface area contributed by atoms with Crippen LogP contribution in [0.3, 0.4) is 0 Å². The molecule has 8 heteroatoms. The van der Waals surface area contributed by atoms with E-state index in [9.17, 15) is 8.42 Å². The van der Waals surface area contributed by atoms with Crippen LogP contribution >= 0.6 is 0 Å². The minimum absolute atomic E-state index is 0.117. The topological polar surface area (TPSA) is 82.5 Å². The van der Waals surface area contributed by atoms with Crippen LogP contribution in [0.15, 0.2) is 29.3 Å². The average Bonchev–Trinajstić information content (AvgIpc) is 2.82. The summed E-state index contributed by atoms with van der Waals surface area (Å²) < 4.78 is 39.1. The summed E-state index contributed by atoms with van der Waals surface area (Å²) in [4.78, 5) is 0.117. The first-order valence-electron chi connectivity index (χ1n) is 6.58. The van der Waals surface area contributed by atoms with Crippen molar-refractivity contribution >= 4 is 10.0 Å². The maximum atomic E-state index is 12.4. The largest absolute Gasteiger partial charge is 0.493 e. The molecule has 0 atom stereocenters. The highest BCUT2D eigenvalue weighted by Crippen LogP contribution is 2.29. The molecule has 0 aliphatic rings. The number of hydrogen-bond donors (Lipinski definition) is 1. The minimum Gasteiger partial charge on any atom is -0.493 e. The summed E-state index contributed by atoms with van der Waals surface area (Å²) in [6, 6.07) is 4.46. The third-order valence-corrected chi connectivity index (χ3v) is 4.63. The van der Waals surface area contributed by atoms with Gasteiger partial charge in [-0.05, 0) is 19.1 Å². The molecule has 1 heterocycles. The Morgan fingerprint density at radius 3 is 2.45 bits per heavy atom. The summed E-state index contributed by atoms with van der Waals surface area (Å²) in [7, 11) is 1.10. The molecule has 0 unspecified atom stereocenters. The van der Waals surface area contributed by atoms with Gasteiger partial charge in [-0.3, -0.25) is 4.68 Å². The molecular weight excluding hydrogens is 306 g/mol. The highest BCUT2D eigenvalue weighted by molar-refractivity contribution is 7.89. The van der Waals surface area contributed by atoms with Gasteiger partial charge < -0.3 is 9.47 Å². The van der Waals surface area contributed by atoms with Crippen molar-refractivity contribution in [2.75, 3.05) is 14.2 Å². The molecule has 0 aliphatic carbocycles. The number of hydrogen-bond acceptors (Lipinski definition) is 5. The number of ether oxygens (including phenoxy) is 2. The molecular formula is C14H19N3O4S. The Balaban J connectivity index is 2.21. The van der Waals surface area contributed by atoms with Gasteiger partial charge in [0.25, 0.3) is 0 Å². The molecule has 0 saturated carbocycles. The van der Waals surface area contributed by atoms with Gasteiger partial charge in [0.05, 0.1) is 24.8 Å². The Hall–Kier alpha value is -2.06. The van der Waals surface area contributed by atoms with E-state index in [1.807, 2.05) is 6.92 Å². The predicted molar refractivity (Wildman–Crippen MR) is 81.5 cm³/mol. The molecule has 1 N–H and O–H groups in total. The Bertz CT molecular complexity index is 768. The van der Waals surface area contributed by atoms with Crippen LogP contribution in [0.4, 0.5) is 0 Å². The van der Waals surface area contributed by atoms with Crippen LogP contribution < -0.4 is 14.2 Å². The fourth-order valence-electron chi connectivity index (χ4n) is 2.06. The van der Waals surface area contributed by atoms with Crippen LogP contribution in [0.2, 0.25) is 0 Å². The highest BCUT2D eigenvalue weighted by atomic mass is 32.2. The summed E-state index contributed by atoms with van der Waals surface area (Å²) in [5, 5.41) is 4.18. The summed E-state index contributed by atoms with van der Waals surface area (Å²) in [6.45, 7) is 2.01. The Morgan fingerprint density at radius 1 is 1.23 bits per heavy atom. The van der Waals surface area contributed by atoms with Gasteiger partial charge >= 0.3 is 0 Å². The number of aryl methyl sites for hydroxylation is 2. The van der Waals surface area contributed by atoms with Crippen molar-refractivity contribution < 1.29 is 17.9 Å². The predicted octanol–water partition coefficient (Wildman–Crippen LogP) is 1.22. The molecule has 0 amide bonds. The second-order valence-corrected chi connectivity index (χ2v) is 6.52. The second kappa shape index (κ2) is 6.37. The van der Waals surface area contributed by atoms with Crippen LogP contribution in [0.1, 0.15) is 11.3 Å². The smallest absolute Gasteiger partial charge is 0.241 e. The maximum absolute atomic E-state index is 12.4. The van der Waals surface area contributed by atoms with Crippen LogP contribution in [0.5, 0.6) is 11.5 Å². The van der Waals surface area contributed by atoms with Gasteiger partial charge in [0.1, 0.15) is 0 Å². The van der Waals surface area contributed by atoms with Crippen LogP contribution in [0, 0.1) is 6.92 Å². The van der Waals surface area contributed by atoms with Crippen molar-refractivity contribution in [1.29, 1.82) is 0 Å². The zero-order chi connectivity index (χ0) is 16.3. The summed E-state index contributed by atoms with van der Waals surface area (Å²) in [5.41, 5.74) is 1.61. The molecule has 0 spiro atoms. The second-order valence-electron chi connectivity index (χ2n) is 4.75. The molecule has 2 aromatic rings. The Morgan fingerprint density at radius 2 is 1.91 bits per heavy atom. The van der Waals surface area contributed by atoms with Gasteiger partial charge in [-0.2, -0.15) is 5.10 Å². The van der Waals surface area contributed by atoms with E-state index < -0.39 is 10.0 Å². The lowest BCUT2D eigenvalue weighted by molar-refractivity contribution is 0.354. The SMILES string of the molecule is COc1ccc(S(=O)(=O)NCc2cn(C)nc2C)cc1OC. The van der Waals surface area contributed by atoms with Crippen molar-refractivity contribution in [2.24, 2.45) is 7.05 Å². The monoisotopic (exact) mass is 325 g/mol. The number of nitrogens with one attached hydrogen (secondary N) is 1. The first-order valence-corrected chi connectivity index (χ1v) is 8.06. The molecule has 0 radical (unpaired) electrons. The summed E-state index contributed by atoms with van der Waals surface area (Å²) >= 11 is 0. The molecule has 0 fully saturated rings. The molecule has 1 aromatic carbocycles. The lowest BCUT2D eigenvalue weighted by atomic mass is 10.3. The van der Waals surface area contributed by atoms with E-state index in [2.05, 4.69) is 9.82 Å². The third-order valence-electron chi connectivity index (χ3n) is 3.23. The number of benzene rings is 1. The van der Waals surface area contributed by atoms with Gasteiger partial charge in [-0.1, -0.05) is 0 Å². The molecule has 120 valence electrons. The fraction of sp³-hybridized carbons (Fsp3) is 0.357. The number of methoxy groups -OCH3 is 2. The summed E-state index contributed by atoms with van der Waals surface area (Å²) in [5.74, 6) is 0.840. The van der Waals surface area contributed by atoms with Crippen LogP contribution in [-0.4, -0.2) is 32.4 Å². The van der Waals surface area contributed by atoms with E-state index in [-0.39, 0.29) is 11.4 Å². The van der Waals surface area contributed by atoms with E-state index in [1.54, 1.807) is 24.0 Å². The fourth-order valence-corrected chi connectivity index (χ4v) is 3.08. The molecule has 22 heavy (non-hydrogen) atoms. The number of sulfonamides is 1. The first kappa shape index (κ1) is 16.3. The van der Waals surface area contributed by atoms with Crippen LogP contribution in [-0.2, 0) is 23.6 Å². The molecule has 0 saturated heterocycles. The zero-order valence-electron chi connectivity index (χ0n) is 13.0. The van der Waals surface area contributed by atoms with Gasteiger partial charge in [-0.25, -0.2) is 13.1 Å². The molecule has 2 rings (SSSR count). The normalized spacial score (nSPS) is 11.5. The van der Waals surface area contributed by atoms with Gasteiger partial charge in [0, 0.05) is 31.4 Å². The Kier molecular flexibility index (Phi) is 4.72. The average molecular weight is 325 g/mol. The number of rotatable bonds is 6. The third kappa shape index (κ3) is 3.40. The van der Waals surface area contributed by atoms with E-state index in [1.165, 1.54) is 26.4 Å². The zero-order valence-corrected chi connectivity index (χ0v) is 13.8. The molecule has 0 bridgehead atoms. The molecule has 1 aromatic heterocycles. The van der Waals surface area contributed by atoms with E-state index in [4.69, 9.17) is 9.47 Å². The van der Waals surface area contributed by atoms with Crippen molar-refractivity contribution in [2.45, 2.75) is 18.4 Å². The Labute approximate surface area is 129 Å². The summed E-state index contributed by atoms with van der Waals surface area (Å²) in [6.07, 6.45) is 1.78. The number of aromatic nitrogens is 2. The minimum atomic E-state index is -3.65. The number of nitrogens with zero attached hydrogens (tertiary/aromatic N) is 2. The van der Waals surface area contributed by atoms with E-state index in [0.717, 1.165) is 11.3 Å². The first-order chi connectivity index (χ1) is 10.4. The van der Waals surface area contributed by atoms with Gasteiger partial charge in [-0.15, -0.1) is 0 Å². The van der Waals surface area contributed by atoms with Crippen molar-refractivity contribution in [1.82, 2.24) is 14.5 Å². The van der Waals surface area contributed by atoms with Crippen LogP contribution in [0.25, 0.3) is 0 Å². The molecule has 0 aliphatic heterocycles. The standard InChI is InChI=1S/C14H19N3O4S/c1-10-11(9-17(2)16-10)8-15-22(18,19)12-5-6-13(20-3)14(7-12)21-4/h5-7,9,15H,8H2,1-4H3. The highest BCUT2D eigenvalue weighted by Gasteiger charge is 2.17. The van der Waals surface area contributed by atoms with E-state index in [0.29, 0.717) is 11.5 Å². The molecule has 7 nitrogen and oxygen atoms in total. The van der Waals surface area contributed by atoms with Crippen molar-refractivity contribution in [3.63, 3.8) is 0 Å². The maximum Gasteiger partial charge on any atom is 0.241 e. The lowest BCUT2D eigenvalue weighted by Gasteiger charge is -2.10. The van der Waals surface area contributed by atoms with Crippen molar-refractivity contribution in [3.05, 3.63) is 35.7 Å². The quantitative estimate of drug-likeness (QED) is 0.863. The van der Waals surface area contributed by atoms with Gasteiger partial charge in [0.15, 0.2) is 11.5 Å².